The van der Waals surface area contributed by atoms with Gasteiger partial charge in [-0.15, -0.1) is 0 Å². The largest absolute Gasteiger partial charge is 0.467 e. The molecule has 0 saturated heterocycles. The van der Waals surface area contributed by atoms with Crippen LogP contribution in [-0.2, 0) is 10.3 Å². The summed E-state index contributed by atoms with van der Waals surface area (Å²) in [6.07, 6.45) is 0. The molecular formula is C20H16B2O3. The average Bonchev–Trinajstić information content (AvgIpc) is 2.61. The minimum atomic E-state index is -0.709. The van der Waals surface area contributed by atoms with Gasteiger partial charge in [-0.1, -0.05) is 53.4 Å². The van der Waals surface area contributed by atoms with E-state index in [1.807, 2.05) is 18.2 Å². The third-order valence-electron chi connectivity index (χ3n) is 5.01. The number of fused-ring (bicyclic) bond motifs is 6. The molecule has 0 atom stereocenters. The van der Waals surface area contributed by atoms with Crippen molar-refractivity contribution in [3.05, 3.63) is 77.4 Å². The molecule has 0 aliphatic carbocycles. The number of hydrogen-bond acceptors (Lipinski definition) is 3. The lowest BCUT2D eigenvalue weighted by molar-refractivity contribution is -0.0908. The smallest absolute Gasteiger partial charge is 0.190 e. The summed E-state index contributed by atoms with van der Waals surface area (Å²) < 4.78 is 18.4. The van der Waals surface area contributed by atoms with E-state index in [1.165, 1.54) is 0 Å². The second-order valence-corrected chi connectivity index (χ2v) is 6.69. The summed E-state index contributed by atoms with van der Waals surface area (Å²) in [5.41, 5.74) is 4.66. The summed E-state index contributed by atoms with van der Waals surface area (Å²) in [5.74, 6) is 2.54. The van der Waals surface area contributed by atoms with E-state index in [0.29, 0.717) is 0 Å². The van der Waals surface area contributed by atoms with Gasteiger partial charge in [-0.3, -0.25) is 0 Å². The van der Waals surface area contributed by atoms with E-state index in [1.54, 1.807) is 0 Å². The first kappa shape index (κ1) is 14.7. The van der Waals surface area contributed by atoms with Crippen LogP contribution in [0.1, 0.15) is 16.7 Å². The molecule has 0 fully saturated rings. The Balaban J connectivity index is 1.89. The van der Waals surface area contributed by atoms with E-state index in [9.17, 15) is 0 Å². The Labute approximate surface area is 148 Å². The Morgan fingerprint density at radius 1 is 0.720 bits per heavy atom. The number of hydrogen-bond donors (Lipinski definition) is 0. The molecule has 5 rings (SSSR count). The molecule has 0 aromatic heterocycles. The topological polar surface area (TPSA) is 27.7 Å². The number of para-hydroxylation sites is 1. The van der Waals surface area contributed by atoms with Gasteiger partial charge in [0.05, 0.1) is 0 Å². The molecule has 25 heavy (non-hydrogen) atoms. The Morgan fingerprint density at radius 2 is 1.32 bits per heavy atom. The van der Waals surface area contributed by atoms with E-state index in [0.717, 1.165) is 44.9 Å². The van der Waals surface area contributed by atoms with E-state index >= 15 is 0 Å². The summed E-state index contributed by atoms with van der Waals surface area (Å²) >= 11 is 0. The Bertz CT molecular complexity index is 948. The molecule has 2 aliphatic heterocycles. The Kier molecular flexibility index (Phi) is 3.03. The Morgan fingerprint density at radius 3 is 2.00 bits per heavy atom. The van der Waals surface area contributed by atoms with Gasteiger partial charge in [0.25, 0.3) is 0 Å². The fourth-order valence-corrected chi connectivity index (χ4v) is 3.86. The lowest BCUT2D eigenvalue weighted by atomic mass is 9.75. The van der Waals surface area contributed by atoms with Crippen molar-refractivity contribution in [1.82, 2.24) is 0 Å². The lowest BCUT2D eigenvalue weighted by Gasteiger charge is -2.43. The molecular weight excluding hydrogens is 310 g/mol. The van der Waals surface area contributed by atoms with Crippen molar-refractivity contribution in [2.24, 2.45) is 0 Å². The van der Waals surface area contributed by atoms with E-state index < -0.39 is 5.60 Å². The normalized spacial score (nSPS) is 16.2. The van der Waals surface area contributed by atoms with Crippen molar-refractivity contribution in [3.8, 4) is 17.2 Å². The number of rotatable bonds is 0. The molecule has 2 aliphatic rings. The molecule has 5 heteroatoms. The zero-order valence-electron chi connectivity index (χ0n) is 14.2. The summed E-state index contributed by atoms with van der Waals surface area (Å²) in [5, 5.41) is 0. The zero-order chi connectivity index (χ0) is 17.0. The van der Waals surface area contributed by atoms with Gasteiger partial charge in [-0.25, -0.2) is 0 Å². The van der Waals surface area contributed by atoms with Crippen LogP contribution in [-0.4, -0.2) is 22.5 Å². The molecule has 0 unspecified atom stereocenters. The van der Waals surface area contributed by atoms with Crippen LogP contribution in [0.3, 0.4) is 0 Å². The van der Waals surface area contributed by atoms with E-state index in [-0.39, 0.29) is 6.79 Å². The van der Waals surface area contributed by atoms with Gasteiger partial charge in [0.2, 0.25) is 0 Å². The van der Waals surface area contributed by atoms with E-state index in [4.69, 9.17) is 14.2 Å². The van der Waals surface area contributed by atoms with Gasteiger partial charge in [0, 0.05) is 16.7 Å². The zero-order valence-corrected chi connectivity index (χ0v) is 14.2. The highest BCUT2D eigenvalue weighted by Crippen LogP contribution is 2.55. The van der Waals surface area contributed by atoms with Crippen LogP contribution in [0.25, 0.3) is 0 Å². The maximum atomic E-state index is 6.36. The highest BCUT2D eigenvalue weighted by molar-refractivity contribution is 6.32. The van der Waals surface area contributed by atoms with Gasteiger partial charge in [-0.2, -0.15) is 0 Å². The Hall–Kier alpha value is -2.65. The second kappa shape index (κ2) is 5.17. The van der Waals surface area contributed by atoms with Crippen molar-refractivity contribution >= 4 is 26.6 Å². The van der Waals surface area contributed by atoms with Crippen LogP contribution in [0, 0.1) is 0 Å². The molecule has 1 spiro atoms. The molecule has 0 bridgehead atoms. The first-order valence-corrected chi connectivity index (χ1v) is 8.45. The van der Waals surface area contributed by atoms with Gasteiger partial charge in [-0.05, 0) is 18.2 Å². The third-order valence-corrected chi connectivity index (χ3v) is 5.01. The molecule has 0 radical (unpaired) electrons. The second-order valence-electron chi connectivity index (χ2n) is 6.69. The predicted molar refractivity (Wildman–Crippen MR) is 102 cm³/mol. The van der Waals surface area contributed by atoms with Crippen LogP contribution in [0.5, 0.6) is 17.2 Å². The monoisotopic (exact) mass is 326 g/mol. The molecule has 120 valence electrons. The standard InChI is InChI=1S/C20H16B2O3/c21-12-5-7-15-18(9-12)25-19-10-13(22)6-8-16(19)20(15)14-3-1-2-4-17(14)23-11-24-20/h1-10H,11,21-22H2. The molecule has 3 nitrogen and oxygen atoms in total. The first-order chi connectivity index (χ1) is 12.2. The minimum Gasteiger partial charge on any atom is -0.467 e. The molecule has 0 saturated carbocycles. The van der Waals surface area contributed by atoms with Crippen LogP contribution in [0.15, 0.2) is 60.7 Å². The molecule has 0 amide bonds. The third kappa shape index (κ3) is 1.99. The molecule has 3 aromatic rings. The van der Waals surface area contributed by atoms with Gasteiger partial charge < -0.3 is 14.2 Å². The lowest BCUT2D eigenvalue weighted by Crippen LogP contribution is -2.40. The highest BCUT2D eigenvalue weighted by Gasteiger charge is 2.48. The van der Waals surface area contributed by atoms with Crippen LogP contribution >= 0.6 is 0 Å². The average molecular weight is 326 g/mol. The van der Waals surface area contributed by atoms with Crippen LogP contribution in [0.4, 0.5) is 0 Å². The van der Waals surface area contributed by atoms with Gasteiger partial charge in [0.1, 0.15) is 32.9 Å². The quantitative estimate of drug-likeness (QED) is 0.576. The first-order valence-electron chi connectivity index (χ1n) is 8.45. The van der Waals surface area contributed by atoms with Crippen LogP contribution in [0.2, 0.25) is 0 Å². The van der Waals surface area contributed by atoms with Crippen molar-refractivity contribution in [1.29, 1.82) is 0 Å². The SMILES string of the molecule is Bc1ccc2c(c1)Oc1cc(B)ccc1C21OCOc2ccccc21. The number of ether oxygens (including phenoxy) is 3. The van der Waals surface area contributed by atoms with Crippen molar-refractivity contribution in [3.63, 3.8) is 0 Å². The molecule has 0 N–H and O–H groups in total. The summed E-state index contributed by atoms with van der Waals surface area (Å²) in [4.78, 5) is 0. The van der Waals surface area contributed by atoms with Gasteiger partial charge >= 0.3 is 0 Å². The fourth-order valence-electron chi connectivity index (χ4n) is 3.86. The van der Waals surface area contributed by atoms with Crippen LogP contribution < -0.4 is 20.4 Å². The van der Waals surface area contributed by atoms with E-state index in [2.05, 4.69) is 58.2 Å². The summed E-state index contributed by atoms with van der Waals surface area (Å²) in [6.45, 7) is 0.206. The maximum absolute atomic E-state index is 6.36. The summed E-state index contributed by atoms with van der Waals surface area (Å²) in [6, 6.07) is 20.6. The summed E-state index contributed by atoms with van der Waals surface area (Å²) in [7, 11) is 4.14. The fraction of sp³-hybridized carbons (Fsp3) is 0.100. The number of benzene rings is 3. The van der Waals surface area contributed by atoms with Crippen molar-refractivity contribution in [2.45, 2.75) is 5.60 Å². The molecule has 2 heterocycles. The predicted octanol–water partition coefficient (Wildman–Crippen LogP) is 0.967. The highest BCUT2D eigenvalue weighted by atomic mass is 16.7. The maximum Gasteiger partial charge on any atom is 0.190 e. The van der Waals surface area contributed by atoms with Crippen molar-refractivity contribution in [2.75, 3.05) is 6.79 Å². The molecule has 3 aromatic carbocycles. The minimum absolute atomic E-state index is 0.206. The van der Waals surface area contributed by atoms with Crippen molar-refractivity contribution < 1.29 is 14.2 Å². The van der Waals surface area contributed by atoms with Gasteiger partial charge in [0.15, 0.2) is 12.4 Å².